The second kappa shape index (κ2) is 7.52. The van der Waals surface area contributed by atoms with E-state index in [1.54, 1.807) is 13.0 Å². The third-order valence-electron chi connectivity index (χ3n) is 3.94. The first-order valence-corrected chi connectivity index (χ1v) is 8.72. The Morgan fingerprint density at radius 3 is 2.83 bits per heavy atom. The number of aliphatic hydroxyl groups is 1. The van der Waals surface area contributed by atoms with Crippen molar-refractivity contribution >= 4 is 29.3 Å². The van der Waals surface area contributed by atoms with E-state index in [4.69, 9.17) is 10.8 Å². The fraction of sp³-hybridized carbons (Fsp3) is 0.176. The Kier molecular flexibility index (Phi) is 4.75. The molecule has 0 saturated heterocycles. The zero-order valence-corrected chi connectivity index (χ0v) is 15.4. The number of hydrogen-bond acceptors (Lipinski definition) is 9. The monoisotopic (exact) mass is 394 g/mol. The van der Waals surface area contributed by atoms with Crippen LogP contribution in [0.3, 0.4) is 0 Å². The van der Waals surface area contributed by atoms with Crippen molar-refractivity contribution < 1.29 is 9.90 Å². The highest BCUT2D eigenvalue weighted by Gasteiger charge is 2.19. The van der Waals surface area contributed by atoms with Crippen molar-refractivity contribution in [1.29, 1.82) is 0 Å². The van der Waals surface area contributed by atoms with E-state index < -0.39 is 6.03 Å². The number of anilines is 3. The SMILES string of the molecule is Cc1nc(N)nc(-c2c(Nc3ccn(C(=O)NCCO)n3)nc3ccccn23)n1. The number of nitrogen functional groups attached to an aromatic ring is 1. The quantitative estimate of drug-likeness (QED) is 0.379. The summed E-state index contributed by atoms with van der Waals surface area (Å²) in [5.41, 5.74) is 7.05. The van der Waals surface area contributed by atoms with E-state index >= 15 is 0 Å². The lowest BCUT2D eigenvalue weighted by molar-refractivity contribution is 0.233. The average Bonchev–Trinajstić information content (AvgIpc) is 3.29. The summed E-state index contributed by atoms with van der Waals surface area (Å²) in [5, 5.41) is 18.6. The van der Waals surface area contributed by atoms with E-state index in [2.05, 4.69) is 35.7 Å². The maximum atomic E-state index is 12.0. The number of carbonyl (C=O) groups is 1. The standard InChI is InChI=1S/C17H18N10O2/c1-10-20-14(24-16(18)21-10)13-15(23-12-4-2-3-7-26(12)13)22-11-5-8-27(25-11)17(29)19-6-9-28/h2-5,7-8,28H,6,9H2,1H3,(H,19,29)(H,22,25)(H2,18,20,21,24). The molecule has 0 aliphatic carbocycles. The lowest BCUT2D eigenvalue weighted by atomic mass is 10.3. The van der Waals surface area contributed by atoms with E-state index in [1.807, 2.05) is 28.8 Å². The number of fused-ring (bicyclic) bond motifs is 1. The van der Waals surface area contributed by atoms with E-state index in [1.165, 1.54) is 6.20 Å². The number of aryl methyl sites for hydroxylation is 1. The van der Waals surface area contributed by atoms with Crippen LogP contribution in [0.5, 0.6) is 0 Å². The molecule has 0 saturated carbocycles. The van der Waals surface area contributed by atoms with Crippen LogP contribution in [0.25, 0.3) is 17.2 Å². The van der Waals surface area contributed by atoms with Crippen LogP contribution in [-0.2, 0) is 0 Å². The van der Waals surface area contributed by atoms with Gasteiger partial charge in [-0.25, -0.2) is 14.8 Å². The molecule has 0 radical (unpaired) electrons. The lowest BCUT2D eigenvalue weighted by Crippen LogP contribution is -2.31. The highest BCUT2D eigenvalue weighted by atomic mass is 16.3. The fourth-order valence-corrected chi connectivity index (χ4v) is 2.77. The molecule has 4 heterocycles. The summed E-state index contributed by atoms with van der Waals surface area (Å²) in [6.45, 7) is 1.71. The minimum absolute atomic E-state index is 0.106. The van der Waals surface area contributed by atoms with E-state index in [9.17, 15) is 4.79 Å². The number of aliphatic hydroxyl groups excluding tert-OH is 1. The second-order valence-corrected chi connectivity index (χ2v) is 6.03. The third-order valence-corrected chi connectivity index (χ3v) is 3.94. The Morgan fingerprint density at radius 2 is 2.03 bits per heavy atom. The number of nitrogens with zero attached hydrogens (tertiary/aromatic N) is 7. The topological polar surface area (TPSA) is 161 Å². The number of imidazole rings is 1. The van der Waals surface area contributed by atoms with Crippen molar-refractivity contribution in [3.05, 3.63) is 42.5 Å². The summed E-state index contributed by atoms with van der Waals surface area (Å²) in [6, 6.07) is 6.73. The number of rotatable bonds is 5. The molecule has 0 aliphatic heterocycles. The molecule has 4 rings (SSSR count). The molecule has 0 aromatic carbocycles. The van der Waals surface area contributed by atoms with Crippen LogP contribution in [0.1, 0.15) is 5.82 Å². The molecule has 12 nitrogen and oxygen atoms in total. The highest BCUT2D eigenvalue weighted by molar-refractivity contribution is 5.78. The molecule has 1 amide bonds. The molecule has 148 valence electrons. The zero-order chi connectivity index (χ0) is 20.4. The molecule has 4 aromatic heterocycles. The predicted molar refractivity (Wildman–Crippen MR) is 105 cm³/mol. The summed E-state index contributed by atoms with van der Waals surface area (Å²) >= 11 is 0. The van der Waals surface area contributed by atoms with Crippen LogP contribution in [-0.4, -0.2) is 58.4 Å². The average molecular weight is 394 g/mol. The van der Waals surface area contributed by atoms with Gasteiger partial charge in [-0.05, 0) is 19.1 Å². The molecule has 0 bridgehead atoms. The first-order chi connectivity index (χ1) is 14.0. The van der Waals surface area contributed by atoms with Gasteiger partial charge in [0, 0.05) is 25.0 Å². The summed E-state index contributed by atoms with van der Waals surface area (Å²) < 4.78 is 2.94. The van der Waals surface area contributed by atoms with Crippen molar-refractivity contribution in [2.45, 2.75) is 6.92 Å². The van der Waals surface area contributed by atoms with Gasteiger partial charge in [-0.2, -0.15) is 14.6 Å². The molecule has 12 heteroatoms. The summed E-state index contributed by atoms with van der Waals surface area (Å²) in [6.07, 6.45) is 3.33. The number of nitrogens with two attached hydrogens (primary N) is 1. The molecular weight excluding hydrogens is 376 g/mol. The van der Waals surface area contributed by atoms with Crippen LogP contribution >= 0.6 is 0 Å². The Balaban J connectivity index is 1.73. The van der Waals surface area contributed by atoms with Crippen molar-refractivity contribution in [2.75, 3.05) is 24.2 Å². The normalized spacial score (nSPS) is 11.0. The summed E-state index contributed by atoms with van der Waals surface area (Å²) in [7, 11) is 0. The number of carbonyl (C=O) groups excluding carboxylic acids is 1. The number of amides is 1. The molecule has 4 aromatic rings. The van der Waals surface area contributed by atoms with Crippen molar-refractivity contribution in [1.82, 2.24) is 39.4 Å². The molecule has 0 spiro atoms. The van der Waals surface area contributed by atoms with Gasteiger partial charge in [-0.3, -0.25) is 4.40 Å². The van der Waals surface area contributed by atoms with Gasteiger partial charge in [0.1, 0.15) is 17.2 Å². The van der Waals surface area contributed by atoms with Gasteiger partial charge >= 0.3 is 6.03 Å². The summed E-state index contributed by atoms with van der Waals surface area (Å²) in [4.78, 5) is 29.2. The van der Waals surface area contributed by atoms with Gasteiger partial charge in [0.2, 0.25) is 5.95 Å². The Bertz CT molecular complexity index is 1160. The Morgan fingerprint density at radius 1 is 1.17 bits per heavy atom. The first-order valence-electron chi connectivity index (χ1n) is 8.72. The highest BCUT2D eigenvalue weighted by Crippen LogP contribution is 2.28. The van der Waals surface area contributed by atoms with Gasteiger partial charge in [-0.15, -0.1) is 5.10 Å². The van der Waals surface area contributed by atoms with Crippen LogP contribution in [0, 0.1) is 6.92 Å². The van der Waals surface area contributed by atoms with Crippen LogP contribution in [0.4, 0.5) is 22.4 Å². The maximum Gasteiger partial charge on any atom is 0.342 e. The lowest BCUT2D eigenvalue weighted by Gasteiger charge is -2.06. The summed E-state index contributed by atoms with van der Waals surface area (Å²) in [5.74, 6) is 1.79. The van der Waals surface area contributed by atoms with Gasteiger partial charge in [0.15, 0.2) is 17.5 Å². The van der Waals surface area contributed by atoms with Crippen molar-refractivity contribution in [3.8, 4) is 11.5 Å². The molecule has 0 atom stereocenters. The molecular formula is C17H18N10O2. The van der Waals surface area contributed by atoms with Gasteiger partial charge in [-0.1, -0.05) is 6.07 Å². The van der Waals surface area contributed by atoms with Gasteiger partial charge < -0.3 is 21.5 Å². The minimum Gasteiger partial charge on any atom is -0.395 e. The van der Waals surface area contributed by atoms with Crippen LogP contribution < -0.4 is 16.4 Å². The van der Waals surface area contributed by atoms with E-state index in [0.29, 0.717) is 34.6 Å². The third kappa shape index (κ3) is 3.68. The van der Waals surface area contributed by atoms with Crippen molar-refractivity contribution in [3.63, 3.8) is 0 Å². The first kappa shape index (κ1) is 18.3. The molecule has 5 N–H and O–H groups in total. The molecule has 0 fully saturated rings. The molecule has 0 aliphatic rings. The van der Waals surface area contributed by atoms with E-state index in [-0.39, 0.29) is 19.1 Å². The number of aromatic nitrogens is 7. The second-order valence-electron chi connectivity index (χ2n) is 6.03. The predicted octanol–water partition coefficient (Wildman–Crippen LogP) is 0.567. The maximum absolute atomic E-state index is 12.0. The fourth-order valence-electron chi connectivity index (χ4n) is 2.77. The van der Waals surface area contributed by atoms with E-state index in [0.717, 1.165) is 4.68 Å². The smallest absolute Gasteiger partial charge is 0.342 e. The van der Waals surface area contributed by atoms with Crippen LogP contribution in [0.15, 0.2) is 36.7 Å². The number of pyridine rings is 1. The van der Waals surface area contributed by atoms with Gasteiger partial charge in [0.05, 0.1) is 6.61 Å². The largest absolute Gasteiger partial charge is 0.395 e. The van der Waals surface area contributed by atoms with Crippen molar-refractivity contribution in [2.24, 2.45) is 0 Å². The minimum atomic E-state index is -0.455. The molecule has 29 heavy (non-hydrogen) atoms. The zero-order valence-electron chi connectivity index (χ0n) is 15.4. The molecule has 0 unspecified atom stereocenters. The van der Waals surface area contributed by atoms with Crippen LogP contribution in [0.2, 0.25) is 0 Å². The number of nitrogens with one attached hydrogen (secondary N) is 2. The number of hydrogen-bond donors (Lipinski definition) is 4. The Hall–Kier alpha value is -4.06. The Labute approximate surface area is 164 Å². The van der Waals surface area contributed by atoms with Gasteiger partial charge in [0.25, 0.3) is 0 Å².